The lowest BCUT2D eigenvalue weighted by Crippen LogP contribution is -2.41. The van der Waals surface area contributed by atoms with Gasteiger partial charge in [0.25, 0.3) is 5.56 Å². The van der Waals surface area contributed by atoms with Crippen molar-refractivity contribution in [3.05, 3.63) is 55.6 Å². The molecule has 2 aromatic rings. The fourth-order valence-corrected chi connectivity index (χ4v) is 4.29. The molecule has 33 heavy (non-hydrogen) atoms. The third-order valence-corrected chi connectivity index (χ3v) is 6.12. The molecule has 1 unspecified atom stereocenters. The van der Waals surface area contributed by atoms with Crippen molar-refractivity contribution in [2.24, 2.45) is 12.0 Å². The molecule has 1 aliphatic heterocycles. The van der Waals surface area contributed by atoms with Crippen molar-refractivity contribution in [2.45, 2.75) is 17.8 Å². The zero-order valence-corrected chi connectivity index (χ0v) is 18.3. The zero-order chi connectivity index (χ0) is 24.8. The Morgan fingerprint density at radius 2 is 1.85 bits per heavy atom. The number of alkyl halides is 3. The van der Waals surface area contributed by atoms with Crippen molar-refractivity contribution in [1.29, 1.82) is 0 Å². The molecule has 176 valence electrons. The molecule has 0 radical (unpaired) electrons. The number of benzene rings is 1. The van der Waals surface area contributed by atoms with Gasteiger partial charge in [-0.1, -0.05) is 23.4 Å². The molecule has 1 aliphatic rings. The number of halogens is 5. The number of thioether (sulfide) groups is 1. The molecule has 9 nitrogen and oxygen atoms in total. The molecular formula is C18H13ClF4N4O5S. The van der Waals surface area contributed by atoms with E-state index in [2.05, 4.69) is 4.99 Å². The van der Waals surface area contributed by atoms with E-state index in [1.807, 2.05) is 0 Å². The number of hydrogen-bond acceptors (Lipinski definition) is 6. The smallest absolute Gasteiger partial charge is 0.431 e. The number of amidine groups is 1. The maximum absolute atomic E-state index is 14.6. The molecule has 1 atom stereocenters. The highest BCUT2D eigenvalue weighted by Gasteiger charge is 2.37. The first-order valence-corrected chi connectivity index (χ1v) is 10.1. The van der Waals surface area contributed by atoms with Crippen molar-refractivity contribution in [3.8, 4) is 5.69 Å². The quantitative estimate of drug-likeness (QED) is 0.634. The van der Waals surface area contributed by atoms with Gasteiger partial charge in [-0.3, -0.25) is 23.9 Å². The summed E-state index contributed by atoms with van der Waals surface area (Å²) in [5.41, 5.74) is -5.33. The molecule has 0 bridgehead atoms. The fraction of sp³-hybridized carbons (Fsp3) is 0.278. The SMILES string of the molecule is CN1C(=O)C(CC(=O)O)S/C1=N\c1cc(-n2c(=O)cc(C(F)(F)F)n(C)c2=O)c(F)cc1Cl. The number of carboxylic acid groups (broad SMARTS) is 1. The summed E-state index contributed by atoms with van der Waals surface area (Å²) in [5, 5.41) is 7.68. The fourth-order valence-electron chi connectivity index (χ4n) is 2.96. The molecule has 1 amide bonds. The first-order chi connectivity index (χ1) is 15.2. The number of nitrogens with zero attached hydrogens (tertiary/aromatic N) is 4. The van der Waals surface area contributed by atoms with Crippen LogP contribution < -0.4 is 11.2 Å². The van der Waals surface area contributed by atoms with Crippen molar-refractivity contribution >= 4 is 46.1 Å². The van der Waals surface area contributed by atoms with Gasteiger partial charge in [0, 0.05) is 20.2 Å². The molecule has 0 aliphatic carbocycles. The van der Waals surface area contributed by atoms with Crippen LogP contribution in [0.25, 0.3) is 5.69 Å². The van der Waals surface area contributed by atoms with Gasteiger partial charge in [-0.2, -0.15) is 13.2 Å². The maximum Gasteiger partial charge on any atom is 0.431 e. The van der Waals surface area contributed by atoms with E-state index in [0.717, 1.165) is 29.8 Å². The summed E-state index contributed by atoms with van der Waals surface area (Å²) in [4.78, 5) is 53.0. The molecular weight excluding hydrogens is 496 g/mol. The molecule has 15 heteroatoms. The van der Waals surface area contributed by atoms with Crippen LogP contribution in [0.3, 0.4) is 0 Å². The molecule has 1 N–H and O–H groups in total. The van der Waals surface area contributed by atoms with Gasteiger partial charge < -0.3 is 5.11 Å². The average Bonchev–Trinajstić information content (AvgIpc) is 2.94. The molecule has 1 fully saturated rings. The molecule has 1 aromatic heterocycles. The number of amides is 1. The van der Waals surface area contributed by atoms with Gasteiger partial charge in [-0.15, -0.1) is 0 Å². The standard InChI is InChI=1S/C18H13ClF4N4O5S/c1-25-12(18(21,22)23)6-13(28)27(17(25)32)10-4-9(7(19)3-8(10)20)24-16-26(2)15(31)11(33-16)5-14(29)30/h3-4,6,11H,5H2,1-2H3,(H,29,30)/b24-16-. The normalized spacial score (nSPS) is 17.8. The van der Waals surface area contributed by atoms with E-state index in [1.54, 1.807) is 0 Å². The van der Waals surface area contributed by atoms with Crippen LogP contribution in [0.15, 0.2) is 32.8 Å². The van der Waals surface area contributed by atoms with Gasteiger partial charge in [0.2, 0.25) is 5.91 Å². The molecule has 1 saturated heterocycles. The van der Waals surface area contributed by atoms with Gasteiger partial charge in [0.15, 0.2) is 5.17 Å². The predicted octanol–water partition coefficient (Wildman–Crippen LogP) is 2.38. The molecule has 1 aromatic carbocycles. The monoisotopic (exact) mass is 508 g/mol. The van der Waals surface area contributed by atoms with Gasteiger partial charge in [-0.25, -0.2) is 18.7 Å². The largest absolute Gasteiger partial charge is 0.481 e. The number of carbonyl (C=O) groups is 2. The van der Waals surface area contributed by atoms with Gasteiger partial charge in [0.05, 0.1) is 22.8 Å². The van der Waals surface area contributed by atoms with Crippen LogP contribution in [-0.2, 0) is 22.8 Å². The van der Waals surface area contributed by atoms with Crippen LogP contribution in [0.4, 0.5) is 23.2 Å². The number of rotatable bonds is 4. The van der Waals surface area contributed by atoms with Crippen molar-refractivity contribution in [1.82, 2.24) is 14.0 Å². The molecule has 3 rings (SSSR count). The first kappa shape index (κ1) is 24.5. The van der Waals surface area contributed by atoms with E-state index in [9.17, 15) is 36.7 Å². The number of aliphatic imine (C=N–C) groups is 1. The Labute approximate surface area is 190 Å². The van der Waals surface area contributed by atoms with Crippen LogP contribution in [0.5, 0.6) is 0 Å². The van der Waals surface area contributed by atoms with Gasteiger partial charge >= 0.3 is 17.8 Å². The van der Waals surface area contributed by atoms with E-state index < -0.39 is 58.2 Å². The van der Waals surface area contributed by atoms with Crippen molar-refractivity contribution in [2.75, 3.05) is 7.05 Å². The molecule has 0 saturated carbocycles. The van der Waals surface area contributed by atoms with Crippen LogP contribution in [0.1, 0.15) is 12.1 Å². The highest BCUT2D eigenvalue weighted by Crippen LogP contribution is 2.35. The van der Waals surface area contributed by atoms with Gasteiger partial charge in [0.1, 0.15) is 16.8 Å². The van der Waals surface area contributed by atoms with E-state index in [0.29, 0.717) is 6.07 Å². The Kier molecular flexibility index (Phi) is 6.44. The van der Waals surface area contributed by atoms with Crippen LogP contribution in [0.2, 0.25) is 5.02 Å². The number of hydrogen-bond donors (Lipinski definition) is 1. The molecule has 0 spiro atoms. The summed E-state index contributed by atoms with van der Waals surface area (Å²) in [6.45, 7) is 0. The Hall–Kier alpha value is -3.13. The zero-order valence-electron chi connectivity index (χ0n) is 16.7. The van der Waals surface area contributed by atoms with Gasteiger partial charge in [-0.05, 0) is 12.1 Å². The highest BCUT2D eigenvalue weighted by atomic mass is 35.5. The second-order valence-electron chi connectivity index (χ2n) is 6.79. The number of aromatic nitrogens is 2. The van der Waals surface area contributed by atoms with Crippen LogP contribution >= 0.6 is 23.4 Å². The minimum atomic E-state index is -4.99. The van der Waals surface area contributed by atoms with E-state index in [-0.39, 0.29) is 31.1 Å². The summed E-state index contributed by atoms with van der Waals surface area (Å²) >= 11 is 6.81. The van der Waals surface area contributed by atoms with Crippen molar-refractivity contribution < 1.29 is 32.3 Å². The average molecular weight is 509 g/mol. The summed E-state index contributed by atoms with van der Waals surface area (Å²) in [5.74, 6) is -2.95. The second kappa shape index (κ2) is 8.67. The minimum Gasteiger partial charge on any atom is -0.481 e. The van der Waals surface area contributed by atoms with Crippen LogP contribution in [-0.4, -0.2) is 48.5 Å². The maximum atomic E-state index is 14.6. The van der Waals surface area contributed by atoms with Crippen molar-refractivity contribution in [3.63, 3.8) is 0 Å². The van der Waals surface area contributed by atoms with E-state index >= 15 is 0 Å². The Morgan fingerprint density at radius 3 is 2.42 bits per heavy atom. The summed E-state index contributed by atoms with van der Waals surface area (Å²) in [6.07, 6.45) is -5.47. The molecule has 2 heterocycles. The van der Waals surface area contributed by atoms with E-state index in [1.165, 1.54) is 7.05 Å². The third-order valence-electron chi connectivity index (χ3n) is 4.58. The number of carbonyl (C=O) groups excluding carboxylic acids is 1. The predicted molar refractivity (Wildman–Crippen MR) is 111 cm³/mol. The summed E-state index contributed by atoms with van der Waals surface area (Å²) < 4.78 is 54.1. The third kappa shape index (κ3) is 4.66. The number of aliphatic carboxylic acids is 1. The Balaban J connectivity index is 2.15. The second-order valence-corrected chi connectivity index (χ2v) is 8.37. The number of carboxylic acids is 1. The summed E-state index contributed by atoms with van der Waals surface area (Å²) in [6, 6.07) is 1.72. The summed E-state index contributed by atoms with van der Waals surface area (Å²) in [7, 11) is 2.10. The Morgan fingerprint density at radius 1 is 1.21 bits per heavy atom. The first-order valence-electron chi connectivity index (χ1n) is 8.86. The Bertz CT molecular complexity index is 1320. The van der Waals surface area contributed by atoms with Crippen LogP contribution in [0, 0.1) is 5.82 Å². The van der Waals surface area contributed by atoms with E-state index in [4.69, 9.17) is 16.7 Å². The topological polar surface area (TPSA) is 114 Å². The minimum absolute atomic E-state index is 0.0124. The highest BCUT2D eigenvalue weighted by molar-refractivity contribution is 8.15. The lowest BCUT2D eigenvalue weighted by atomic mass is 10.2. The lowest BCUT2D eigenvalue weighted by molar-refractivity contribution is -0.144. The lowest BCUT2D eigenvalue weighted by Gasteiger charge is -2.15.